The molecule has 4 nitrogen and oxygen atoms in total. The number of hydrogen-bond acceptors (Lipinski definition) is 3. The summed E-state index contributed by atoms with van der Waals surface area (Å²) >= 11 is 0. The van der Waals surface area contributed by atoms with Crippen molar-refractivity contribution in [2.45, 2.75) is 39.0 Å². The van der Waals surface area contributed by atoms with Crippen molar-refractivity contribution in [3.63, 3.8) is 0 Å². The second-order valence-corrected chi connectivity index (χ2v) is 5.39. The molecule has 4 heteroatoms. The van der Waals surface area contributed by atoms with Gasteiger partial charge in [-0.1, -0.05) is 29.4 Å². The summed E-state index contributed by atoms with van der Waals surface area (Å²) in [5.41, 5.74) is 4.13. The molecule has 1 aliphatic carbocycles. The molecule has 0 spiro atoms. The van der Waals surface area contributed by atoms with Crippen molar-refractivity contribution in [3.05, 3.63) is 46.8 Å². The lowest BCUT2D eigenvalue weighted by atomic mass is 9.97. The first kappa shape index (κ1) is 12.9. The molecular formula is C16H18N2O2. The largest absolute Gasteiger partial charge is 0.359 e. The first-order valence-corrected chi connectivity index (χ1v) is 6.95. The molecule has 3 rings (SSSR count). The molecule has 1 aromatic heterocycles. The summed E-state index contributed by atoms with van der Waals surface area (Å²) in [5, 5.41) is 6.77. The van der Waals surface area contributed by atoms with E-state index in [1.807, 2.05) is 13.0 Å². The second kappa shape index (κ2) is 5.12. The van der Waals surface area contributed by atoms with Gasteiger partial charge in [-0.3, -0.25) is 4.79 Å². The molecule has 0 saturated heterocycles. The molecular weight excluding hydrogens is 252 g/mol. The summed E-state index contributed by atoms with van der Waals surface area (Å²) in [6.07, 6.45) is 2.63. The van der Waals surface area contributed by atoms with E-state index in [1.165, 1.54) is 11.1 Å². The van der Waals surface area contributed by atoms with Crippen molar-refractivity contribution >= 4 is 11.6 Å². The molecule has 20 heavy (non-hydrogen) atoms. The number of carbonyl (C=O) groups excluding carboxylic acids is 1. The number of carbonyl (C=O) groups is 1. The highest BCUT2D eigenvalue weighted by Crippen LogP contribution is 2.35. The van der Waals surface area contributed by atoms with Gasteiger partial charge in [0, 0.05) is 6.42 Å². The van der Waals surface area contributed by atoms with Gasteiger partial charge in [0.1, 0.15) is 11.4 Å². The number of amides is 1. The van der Waals surface area contributed by atoms with Crippen molar-refractivity contribution < 1.29 is 9.32 Å². The maximum atomic E-state index is 12.2. The third kappa shape index (κ3) is 2.33. The van der Waals surface area contributed by atoms with Crippen molar-refractivity contribution in [1.82, 2.24) is 5.16 Å². The number of benzene rings is 1. The minimum Gasteiger partial charge on any atom is -0.359 e. The van der Waals surface area contributed by atoms with Crippen molar-refractivity contribution in [1.29, 1.82) is 0 Å². The molecule has 2 aromatic rings. The Labute approximate surface area is 118 Å². The van der Waals surface area contributed by atoms with E-state index in [0.717, 1.165) is 18.5 Å². The summed E-state index contributed by atoms with van der Waals surface area (Å²) in [4.78, 5) is 12.2. The Morgan fingerprint density at radius 2 is 2.20 bits per heavy atom. The van der Waals surface area contributed by atoms with Gasteiger partial charge in [0.15, 0.2) is 5.76 Å². The van der Waals surface area contributed by atoms with Crippen LogP contribution in [0, 0.1) is 13.8 Å². The van der Waals surface area contributed by atoms with E-state index < -0.39 is 0 Å². The molecule has 0 bridgehead atoms. The quantitative estimate of drug-likeness (QED) is 0.930. The lowest BCUT2D eigenvalue weighted by Gasteiger charge is -2.11. The predicted molar refractivity (Wildman–Crippen MR) is 76.7 cm³/mol. The summed E-state index contributed by atoms with van der Waals surface area (Å²) in [6, 6.07) is 8.40. The number of fused-ring (bicyclic) bond motifs is 1. The zero-order valence-corrected chi connectivity index (χ0v) is 11.8. The standard InChI is InChI=1S/C16H18N2O2/c1-10-16(11(2)20-18-10)17-15(19)9-13-8-7-12-5-3-4-6-14(12)13/h3-6,13H,7-9H2,1-2H3,(H,17,19). The first-order chi connectivity index (χ1) is 9.65. The van der Waals surface area contributed by atoms with E-state index in [0.29, 0.717) is 23.8 Å². The highest BCUT2D eigenvalue weighted by Gasteiger charge is 2.24. The second-order valence-electron chi connectivity index (χ2n) is 5.39. The minimum absolute atomic E-state index is 0.0288. The van der Waals surface area contributed by atoms with Crippen LogP contribution in [0.5, 0.6) is 0 Å². The number of nitrogens with zero attached hydrogens (tertiary/aromatic N) is 1. The maximum absolute atomic E-state index is 12.2. The molecule has 1 N–H and O–H groups in total. The Bertz CT molecular complexity index is 626. The average molecular weight is 270 g/mol. The topological polar surface area (TPSA) is 55.1 Å². The fraction of sp³-hybridized carbons (Fsp3) is 0.375. The van der Waals surface area contributed by atoms with E-state index in [2.05, 4.69) is 28.7 Å². The van der Waals surface area contributed by atoms with E-state index in [4.69, 9.17) is 4.52 Å². The van der Waals surface area contributed by atoms with Gasteiger partial charge in [-0.15, -0.1) is 0 Å². The average Bonchev–Trinajstić information content (AvgIpc) is 2.98. The summed E-state index contributed by atoms with van der Waals surface area (Å²) in [7, 11) is 0. The summed E-state index contributed by atoms with van der Waals surface area (Å²) < 4.78 is 5.06. The van der Waals surface area contributed by atoms with E-state index in [9.17, 15) is 4.79 Å². The lowest BCUT2D eigenvalue weighted by Crippen LogP contribution is -2.15. The first-order valence-electron chi connectivity index (χ1n) is 6.95. The van der Waals surface area contributed by atoms with Gasteiger partial charge in [-0.05, 0) is 43.7 Å². The lowest BCUT2D eigenvalue weighted by molar-refractivity contribution is -0.116. The Morgan fingerprint density at radius 1 is 1.40 bits per heavy atom. The fourth-order valence-corrected chi connectivity index (χ4v) is 2.93. The number of aryl methyl sites for hydroxylation is 3. The predicted octanol–water partition coefficient (Wildman–Crippen LogP) is 3.35. The van der Waals surface area contributed by atoms with E-state index >= 15 is 0 Å². The molecule has 1 aromatic carbocycles. The Hall–Kier alpha value is -2.10. The van der Waals surface area contributed by atoms with Crippen molar-refractivity contribution in [2.24, 2.45) is 0 Å². The van der Waals surface area contributed by atoms with Crippen molar-refractivity contribution in [3.8, 4) is 0 Å². The van der Waals surface area contributed by atoms with Crippen LogP contribution < -0.4 is 5.32 Å². The Morgan fingerprint density at radius 3 is 2.95 bits per heavy atom. The van der Waals surface area contributed by atoms with Crippen LogP contribution in [0.1, 0.15) is 41.3 Å². The minimum atomic E-state index is 0.0288. The van der Waals surface area contributed by atoms with Crippen molar-refractivity contribution in [2.75, 3.05) is 5.32 Å². The molecule has 1 amide bonds. The van der Waals surface area contributed by atoms with Crippen LogP contribution in [0.3, 0.4) is 0 Å². The molecule has 0 fully saturated rings. The third-order valence-electron chi connectivity index (χ3n) is 3.99. The Balaban J connectivity index is 1.69. The normalized spacial score (nSPS) is 17.0. The van der Waals surface area contributed by atoms with Gasteiger partial charge < -0.3 is 9.84 Å². The third-order valence-corrected chi connectivity index (χ3v) is 3.99. The van der Waals surface area contributed by atoms with Gasteiger partial charge in [0.25, 0.3) is 0 Å². The van der Waals surface area contributed by atoms with Crippen LogP contribution in [0.2, 0.25) is 0 Å². The highest BCUT2D eigenvalue weighted by atomic mass is 16.5. The van der Waals surface area contributed by atoms with Crippen LogP contribution >= 0.6 is 0 Å². The molecule has 104 valence electrons. The number of rotatable bonds is 3. The van der Waals surface area contributed by atoms with E-state index in [-0.39, 0.29) is 5.91 Å². The summed E-state index contributed by atoms with van der Waals surface area (Å²) in [5.74, 6) is 1.01. The van der Waals surface area contributed by atoms with Crippen LogP contribution in [0.25, 0.3) is 0 Å². The zero-order chi connectivity index (χ0) is 14.1. The van der Waals surface area contributed by atoms with Gasteiger partial charge >= 0.3 is 0 Å². The van der Waals surface area contributed by atoms with Gasteiger partial charge in [0.2, 0.25) is 5.91 Å². The van der Waals surface area contributed by atoms with Crippen LogP contribution in [0.4, 0.5) is 5.69 Å². The number of aromatic nitrogens is 1. The molecule has 1 atom stereocenters. The van der Waals surface area contributed by atoms with Crippen LogP contribution in [-0.2, 0) is 11.2 Å². The van der Waals surface area contributed by atoms with Gasteiger partial charge in [0.05, 0.1) is 0 Å². The van der Waals surface area contributed by atoms with E-state index in [1.54, 1.807) is 6.92 Å². The number of nitrogens with one attached hydrogen (secondary N) is 1. The zero-order valence-electron chi connectivity index (χ0n) is 11.8. The maximum Gasteiger partial charge on any atom is 0.225 e. The van der Waals surface area contributed by atoms with Gasteiger partial charge in [-0.25, -0.2) is 0 Å². The van der Waals surface area contributed by atoms with Gasteiger partial charge in [-0.2, -0.15) is 0 Å². The highest BCUT2D eigenvalue weighted by molar-refractivity contribution is 5.92. The SMILES string of the molecule is Cc1noc(C)c1NC(=O)CC1CCc2ccccc21. The fourth-order valence-electron chi connectivity index (χ4n) is 2.93. The smallest absolute Gasteiger partial charge is 0.225 e. The molecule has 1 heterocycles. The Kier molecular flexibility index (Phi) is 3.30. The molecule has 0 radical (unpaired) electrons. The van der Waals surface area contributed by atoms with Crippen LogP contribution in [0.15, 0.2) is 28.8 Å². The molecule has 1 aliphatic rings. The summed E-state index contributed by atoms with van der Waals surface area (Å²) in [6.45, 7) is 3.64. The molecule has 0 aliphatic heterocycles. The van der Waals surface area contributed by atoms with Crippen LogP contribution in [-0.4, -0.2) is 11.1 Å². The monoisotopic (exact) mass is 270 g/mol. The number of hydrogen-bond donors (Lipinski definition) is 1. The number of anilines is 1. The molecule has 1 unspecified atom stereocenters. The molecule has 0 saturated carbocycles.